The number of nitrogens with one attached hydrogen (secondary N) is 2. The first kappa shape index (κ1) is 25.2. The maximum absolute atomic E-state index is 13.2. The summed E-state index contributed by atoms with van der Waals surface area (Å²) in [6, 6.07) is 18.7. The average Bonchev–Trinajstić information content (AvgIpc) is 2.85. The molecule has 0 unspecified atom stereocenters. The van der Waals surface area contributed by atoms with Crippen molar-refractivity contribution in [3.63, 3.8) is 0 Å². The highest BCUT2D eigenvalue weighted by molar-refractivity contribution is 5.89. The minimum Gasteiger partial charge on any atom is -0.480 e. The topological polar surface area (TPSA) is 131 Å². The van der Waals surface area contributed by atoms with Gasteiger partial charge in [0.1, 0.15) is 24.5 Å². The van der Waals surface area contributed by atoms with Gasteiger partial charge in [-0.3, -0.25) is 4.79 Å². The maximum atomic E-state index is 13.2. The lowest BCUT2D eigenvalue weighted by atomic mass is 10.0. The van der Waals surface area contributed by atoms with Gasteiger partial charge < -0.3 is 26.2 Å². The Kier molecular flexibility index (Phi) is 8.77. The molecule has 0 aliphatic heterocycles. The molecule has 9 heteroatoms. The number of amides is 2. The number of ether oxygens (including phenoxy) is 1. The smallest absolute Gasteiger partial charge is 0.408 e. The summed E-state index contributed by atoms with van der Waals surface area (Å²) in [5.74, 6) is -2.42. The van der Waals surface area contributed by atoms with E-state index in [0.29, 0.717) is 16.8 Å². The van der Waals surface area contributed by atoms with Gasteiger partial charge in [-0.15, -0.1) is 0 Å². The Bertz CT molecular complexity index is 1140. The van der Waals surface area contributed by atoms with E-state index in [2.05, 4.69) is 10.6 Å². The van der Waals surface area contributed by atoms with Crippen molar-refractivity contribution in [3.8, 4) is 0 Å². The molecule has 0 saturated heterocycles. The Balaban J connectivity index is 1.70. The predicted octanol–water partition coefficient (Wildman–Crippen LogP) is 3.06. The third kappa shape index (κ3) is 8.15. The lowest BCUT2D eigenvalue weighted by Crippen LogP contribution is -2.53. The normalized spacial score (nSPS) is 12.3. The van der Waals surface area contributed by atoms with Crippen LogP contribution in [0, 0.1) is 5.82 Å². The van der Waals surface area contributed by atoms with Gasteiger partial charge in [-0.25, -0.2) is 14.0 Å². The van der Waals surface area contributed by atoms with Crippen LogP contribution in [0.5, 0.6) is 0 Å². The Labute approximate surface area is 201 Å². The number of hydrogen-bond acceptors (Lipinski definition) is 5. The summed E-state index contributed by atoms with van der Waals surface area (Å²) >= 11 is 0. The third-order valence-electron chi connectivity index (χ3n) is 5.21. The Morgan fingerprint density at radius 1 is 0.800 bits per heavy atom. The molecule has 3 rings (SSSR count). The number of nitrogen functional groups attached to an aromatic ring is 1. The quantitative estimate of drug-likeness (QED) is 0.331. The van der Waals surface area contributed by atoms with Crippen molar-refractivity contribution in [1.29, 1.82) is 0 Å². The van der Waals surface area contributed by atoms with Crippen LogP contribution in [-0.4, -0.2) is 35.2 Å². The van der Waals surface area contributed by atoms with Gasteiger partial charge in [0.05, 0.1) is 0 Å². The standard InChI is InChI=1S/C26H26FN3O5/c27-20-10-6-17(7-11-20)15-23(25(32)33)29-24(31)22(14-18-8-12-21(28)13-9-18)30-26(34)35-16-19-4-2-1-3-5-19/h1-13,22-23H,14-16,28H2,(H,29,31)(H,30,34)(H,32,33)/t22-,23-/m0/s1. The first-order valence-corrected chi connectivity index (χ1v) is 10.9. The van der Waals surface area contributed by atoms with Crippen molar-refractivity contribution in [3.05, 3.63) is 101 Å². The molecule has 0 spiro atoms. The highest BCUT2D eigenvalue weighted by Crippen LogP contribution is 2.11. The summed E-state index contributed by atoms with van der Waals surface area (Å²) in [5.41, 5.74) is 8.26. The number of carbonyl (C=O) groups excluding carboxylic acids is 2. The van der Waals surface area contributed by atoms with Crippen LogP contribution in [0.15, 0.2) is 78.9 Å². The van der Waals surface area contributed by atoms with Crippen molar-refractivity contribution in [2.75, 3.05) is 5.73 Å². The fourth-order valence-electron chi connectivity index (χ4n) is 3.33. The fourth-order valence-corrected chi connectivity index (χ4v) is 3.33. The maximum Gasteiger partial charge on any atom is 0.408 e. The summed E-state index contributed by atoms with van der Waals surface area (Å²) < 4.78 is 18.4. The number of alkyl carbamates (subject to hydrolysis) is 1. The van der Waals surface area contributed by atoms with Gasteiger partial charge >= 0.3 is 12.1 Å². The van der Waals surface area contributed by atoms with E-state index in [0.717, 1.165) is 5.56 Å². The molecule has 0 aromatic heterocycles. The molecule has 3 aromatic rings. The molecule has 3 aromatic carbocycles. The predicted molar refractivity (Wildman–Crippen MR) is 128 cm³/mol. The number of carbonyl (C=O) groups is 3. The van der Waals surface area contributed by atoms with Gasteiger partial charge in [-0.2, -0.15) is 0 Å². The fraction of sp³-hybridized carbons (Fsp3) is 0.192. The molecular formula is C26H26FN3O5. The number of carboxylic acid groups (broad SMARTS) is 1. The molecule has 35 heavy (non-hydrogen) atoms. The molecule has 2 amide bonds. The van der Waals surface area contributed by atoms with Gasteiger partial charge in [0.2, 0.25) is 5.91 Å². The molecule has 0 heterocycles. The molecule has 0 fully saturated rings. The van der Waals surface area contributed by atoms with Gasteiger partial charge in [0, 0.05) is 18.5 Å². The third-order valence-corrected chi connectivity index (χ3v) is 5.21. The lowest BCUT2D eigenvalue weighted by molar-refractivity contribution is -0.142. The molecule has 0 aliphatic rings. The van der Waals surface area contributed by atoms with E-state index in [4.69, 9.17) is 10.5 Å². The number of halogens is 1. The summed E-state index contributed by atoms with van der Waals surface area (Å²) in [6.07, 6.45) is -0.807. The van der Waals surface area contributed by atoms with Crippen molar-refractivity contribution >= 4 is 23.7 Å². The second kappa shape index (κ2) is 12.2. The molecular weight excluding hydrogens is 453 g/mol. The van der Waals surface area contributed by atoms with Gasteiger partial charge in [0.25, 0.3) is 0 Å². The molecule has 5 N–H and O–H groups in total. The minimum absolute atomic E-state index is 0.00516. The van der Waals surface area contributed by atoms with Crippen LogP contribution in [0.1, 0.15) is 16.7 Å². The van der Waals surface area contributed by atoms with E-state index in [9.17, 15) is 23.9 Å². The largest absolute Gasteiger partial charge is 0.480 e. The Morgan fingerprint density at radius 2 is 1.37 bits per heavy atom. The SMILES string of the molecule is Nc1ccc(C[C@H](NC(=O)OCc2ccccc2)C(=O)N[C@@H](Cc2ccc(F)cc2)C(=O)O)cc1. The zero-order valence-corrected chi connectivity index (χ0v) is 18.8. The van der Waals surface area contributed by atoms with Crippen LogP contribution in [0.25, 0.3) is 0 Å². The lowest BCUT2D eigenvalue weighted by Gasteiger charge is -2.22. The van der Waals surface area contributed by atoms with Crippen molar-refractivity contribution < 1.29 is 28.6 Å². The number of hydrogen-bond donors (Lipinski definition) is 4. The summed E-state index contributed by atoms with van der Waals surface area (Å²) in [4.78, 5) is 37.3. The van der Waals surface area contributed by atoms with Crippen LogP contribution in [0.4, 0.5) is 14.9 Å². The van der Waals surface area contributed by atoms with E-state index in [1.165, 1.54) is 24.3 Å². The first-order chi connectivity index (χ1) is 16.8. The van der Waals surface area contributed by atoms with E-state index in [1.807, 2.05) is 6.07 Å². The highest BCUT2D eigenvalue weighted by Gasteiger charge is 2.27. The van der Waals surface area contributed by atoms with Crippen LogP contribution in [0.3, 0.4) is 0 Å². The Morgan fingerprint density at radius 3 is 1.97 bits per heavy atom. The summed E-state index contributed by atoms with van der Waals surface area (Å²) in [5, 5.41) is 14.6. The Hall–Kier alpha value is -4.40. The monoisotopic (exact) mass is 479 g/mol. The number of aliphatic carboxylic acids is 1. The van der Waals surface area contributed by atoms with Crippen LogP contribution < -0.4 is 16.4 Å². The molecule has 0 aliphatic carbocycles. The molecule has 182 valence electrons. The van der Waals surface area contributed by atoms with Gasteiger partial charge in [0.15, 0.2) is 0 Å². The number of nitrogens with two attached hydrogens (primary N) is 1. The summed E-state index contributed by atoms with van der Waals surface area (Å²) in [6.45, 7) is 0.00516. The number of benzene rings is 3. The second-order valence-electron chi connectivity index (χ2n) is 7.93. The van der Waals surface area contributed by atoms with Crippen LogP contribution in [0.2, 0.25) is 0 Å². The molecule has 0 radical (unpaired) electrons. The van der Waals surface area contributed by atoms with E-state index >= 15 is 0 Å². The zero-order valence-electron chi connectivity index (χ0n) is 18.8. The molecule has 0 saturated carbocycles. The van der Waals surface area contributed by atoms with Crippen molar-refractivity contribution in [2.45, 2.75) is 31.5 Å². The van der Waals surface area contributed by atoms with E-state index < -0.39 is 35.9 Å². The zero-order chi connectivity index (χ0) is 25.2. The highest BCUT2D eigenvalue weighted by atomic mass is 19.1. The van der Waals surface area contributed by atoms with E-state index in [-0.39, 0.29) is 19.4 Å². The number of rotatable bonds is 10. The van der Waals surface area contributed by atoms with Crippen LogP contribution in [-0.2, 0) is 33.8 Å². The summed E-state index contributed by atoms with van der Waals surface area (Å²) in [7, 11) is 0. The molecule has 8 nitrogen and oxygen atoms in total. The average molecular weight is 480 g/mol. The number of anilines is 1. The van der Waals surface area contributed by atoms with Gasteiger partial charge in [-0.05, 0) is 41.0 Å². The molecule has 2 atom stereocenters. The van der Waals surface area contributed by atoms with Crippen molar-refractivity contribution in [1.82, 2.24) is 10.6 Å². The van der Waals surface area contributed by atoms with E-state index in [1.54, 1.807) is 48.5 Å². The van der Waals surface area contributed by atoms with Gasteiger partial charge in [-0.1, -0.05) is 54.6 Å². The number of carboxylic acids is 1. The molecule has 0 bridgehead atoms. The first-order valence-electron chi connectivity index (χ1n) is 10.9. The van der Waals surface area contributed by atoms with Crippen molar-refractivity contribution in [2.24, 2.45) is 0 Å². The van der Waals surface area contributed by atoms with Crippen LogP contribution >= 0.6 is 0 Å². The second-order valence-corrected chi connectivity index (χ2v) is 7.93. The minimum atomic E-state index is -1.29.